The monoisotopic (exact) mass is 474 g/mol. The molecule has 1 saturated heterocycles. The molecule has 1 fully saturated rings. The van der Waals surface area contributed by atoms with Crippen LogP contribution in [0.1, 0.15) is 34.0 Å². The van der Waals surface area contributed by atoms with Crippen molar-refractivity contribution >= 4 is 16.9 Å². The SMILES string of the molecule is COc1ccc2oc(C(=O)N3CCN(CCCc4nc(-c5ccc(C)cc5)no4)CC3)c(C)c2c1. The lowest BCUT2D eigenvalue weighted by Gasteiger charge is -2.34. The summed E-state index contributed by atoms with van der Waals surface area (Å²) in [5.74, 6) is 2.41. The van der Waals surface area contributed by atoms with E-state index in [4.69, 9.17) is 13.7 Å². The van der Waals surface area contributed by atoms with Crippen molar-refractivity contribution in [2.75, 3.05) is 39.8 Å². The fourth-order valence-electron chi connectivity index (χ4n) is 4.48. The van der Waals surface area contributed by atoms with E-state index in [0.29, 0.717) is 36.1 Å². The van der Waals surface area contributed by atoms with Gasteiger partial charge in [0.1, 0.15) is 11.3 Å². The minimum absolute atomic E-state index is 0.0492. The Bertz CT molecular complexity index is 1320. The summed E-state index contributed by atoms with van der Waals surface area (Å²) in [4.78, 5) is 21.9. The van der Waals surface area contributed by atoms with Gasteiger partial charge in [0.15, 0.2) is 5.76 Å². The Balaban J connectivity index is 1.11. The Labute approximate surface area is 204 Å². The molecule has 0 bridgehead atoms. The normalized spacial score (nSPS) is 14.5. The molecule has 0 saturated carbocycles. The smallest absolute Gasteiger partial charge is 0.289 e. The third-order valence-corrected chi connectivity index (χ3v) is 6.64. The molecule has 0 radical (unpaired) electrons. The number of nitrogens with zero attached hydrogens (tertiary/aromatic N) is 4. The molecule has 3 heterocycles. The van der Waals surface area contributed by atoms with Gasteiger partial charge in [-0.15, -0.1) is 0 Å². The van der Waals surface area contributed by atoms with Gasteiger partial charge in [0, 0.05) is 49.1 Å². The van der Waals surface area contributed by atoms with Crippen LogP contribution in [0.5, 0.6) is 5.75 Å². The summed E-state index contributed by atoms with van der Waals surface area (Å²) >= 11 is 0. The number of aromatic nitrogens is 2. The van der Waals surface area contributed by atoms with Crippen molar-refractivity contribution in [2.45, 2.75) is 26.7 Å². The molecule has 1 amide bonds. The van der Waals surface area contributed by atoms with Crippen LogP contribution in [0.15, 0.2) is 51.4 Å². The molecular formula is C27H30N4O4. The lowest BCUT2D eigenvalue weighted by molar-refractivity contribution is 0.0606. The van der Waals surface area contributed by atoms with E-state index in [1.807, 2.05) is 54.3 Å². The van der Waals surface area contributed by atoms with Gasteiger partial charge in [-0.3, -0.25) is 9.69 Å². The molecule has 5 rings (SSSR count). The van der Waals surface area contributed by atoms with Crippen molar-refractivity contribution in [3.05, 3.63) is 65.2 Å². The first kappa shape index (κ1) is 23.1. The Kier molecular flexibility index (Phi) is 6.55. The van der Waals surface area contributed by atoms with Crippen molar-refractivity contribution in [3.63, 3.8) is 0 Å². The predicted octanol–water partition coefficient (Wildman–Crippen LogP) is 4.50. The standard InChI is InChI=1S/C27H30N4O4/c1-18-6-8-20(9-7-18)26-28-24(35-29-26)5-4-12-30-13-15-31(16-14-30)27(32)25-19(2)22-17-21(33-3)10-11-23(22)34-25/h6-11,17H,4-5,12-16H2,1-3H3. The van der Waals surface area contributed by atoms with Crippen LogP contribution in [0.2, 0.25) is 0 Å². The van der Waals surface area contributed by atoms with E-state index in [1.165, 1.54) is 5.56 Å². The maximum Gasteiger partial charge on any atom is 0.289 e. The van der Waals surface area contributed by atoms with Gasteiger partial charge in [0.05, 0.1) is 7.11 Å². The number of aryl methyl sites for hydroxylation is 3. The second kappa shape index (κ2) is 9.92. The minimum Gasteiger partial charge on any atom is -0.497 e. The highest BCUT2D eigenvalue weighted by molar-refractivity contribution is 5.99. The molecule has 1 aliphatic heterocycles. The fraction of sp³-hybridized carbons (Fsp3) is 0.370. The van der Waals surface area contributed by atoms with Crippen molar-refractivity contribution in [2.24, 2.45) is 0 Å². The van der Waals surface area contributed by atoms with E-state index >= 15 is 0 Å². The van der Waals surface area contributed by atoms with Crippen LogP contribution < -0.4 is 4.74 Å². The topological polar surface area (TPSA) is 84.8 Å². The fourth-order valence-corrected chi connectivity index (χ4v) is 4.48. The number of methoxy groups -OCH3 is 1. The van der Waals surface area contributed by atoms with Crippen molar-refractivity contribution in [1.29, 1.82) is 0 Å². The number of piperazine rings is 1. The van der Waals surface area contributed by atoms with E-state index in [1.54, 1.807) is 7.11 Å². The van der Waals surface area contributed by atoms with Crippen LogP contribution in [0, 0.1) is 13.8 Å². The number of ether oxygens (including phenoxy) is 1. The first-order chi connectivity index (χ1) is 17.0. The summed E-state index contributed by atoms with van der Waals surface area (Å²) < 4.78 is 16.7. The summed E-state index contributed by atoms with van der Waals surface area (Å²) in [6.45, 7) is 7.92. The number of benzene rings is 2. The second-order valence-corrected chi connectivity index (χ2v) is 9.03. The van der Waals surface area contributed by atoms with Crippen LogP contribution in [-0.2, 0) is 6.42 Å². The molecule has 0 spiro atoms. The van der Waals surface area contributed by atoms with Crippen molar-refractivity contribution in [3.8, 4) is 17.1 Å². The first-order valence-corrected chi connectivity index (χ1v) is 12.0. The quantitative estimate of drug-likeness (QED) is 0.390. The molecular weight excluding hydrogens is 444 g/mol. The maximum atomic E-state index is 13.1. The van der Waals surface area contributed by atoms with Gasteiger partial charge in [-0.1, -0.05) is 35.0 Å². The Morgan fingerprint density at radius 1 is 1.06 bits per heavy atom. The largest absolute Gasteiger partial charge is 0.497 e. The highest BCUT2D eigenvalue weighted by Crippen LogP contribution is 2.29. The van der Waals surface area contributed by atoms with Crippen molar-refractivity contribution in [1.82, 2.24) is 19.9 Å². The third-order valence-electron chi connectivity index (χ3n) is 6.64. The van der Waals surface area contributed by atoms with E-state index in [2.05, 4.69) is 22.0 Å². The van der Waals surface area contributed by atoms with Gasteiger partial charge in [-0.25, -0.2) is 0 Å². The molecule has 4 aromatic rings. The van der Waals surface area contributed by atoms with Crippen LogP contribution in [0.4, 0.5) is 0 Å². The predicted molar refractivity (Wildman–Crippen MR) is 133 cm³/mol. The summed E-state index contributed by atoms with van der Waals surface area (Å²) in [6.07, 6.45) is 1.66. The number of hydrogen-bond acceptors (Lipinski definition) is 7. The second-order valence-electron chi connectivity index (χ2n) is 9.03. The van der Waals surface area contributed by atoms with E-state index in [0.717, 1.165) is 54.7 Å². The lowest BCUT2D eigenvalue weighted by atomic mass is 10.1. The molecule has 1 aliphatic rings. The number of furan rings is 1. The van der Waals surface area contributed by atoms with Gasteiger partial charge in [0.25, 0.3) is 5.91 Å². The molecule has 0 unspecified atom stereocenters. The average Bonchev–Trinajstić information content (AvgIpc) is 3.49. The van der Waals surface area contributed by atoms with Crippen LogP contribution in [0.3, 0.4) is 0 Å². The van der Waals surface area contributed by atoms with Crippen molar-refractivity contribution < 1.29 is 18.5 Å². The van der Waals surface area contributed by atoms with Gasteiger partial charge < -0.3 is 18.6 Å². The summed E-state index contributed by atoms with van der Waals surface area (Å²) in [7, 11) is 1.63. The van der Waals surface area contributed by atoms with E-state index in [9.17, 15) is 4.79 Å². The highest BCUT2D eigenvalue weighted by Gasteiger charge is 2.26. The molecule has 2 aromatic carbocycles. The average molecular weight is 475 g/mol. The third kappa shape index (κ3) is 4.93. The number of amides is 1. The van der Waals surface area contributed by atoms with Gasteiger partial charge in [-0.2, -0.15) is 4.98 Å². The number of carbonyl (C=O) groups excluding carboxylic acids is 1. The summed E-state index contributed by atoms with van der Waals surface area (Å²) in [5.41, 5.74) is 3.73. The zero-order valence-electron chi connectivity index (χ0n) is 20.4. The van der Waals surface area contributed by atoms with Crippen LogP contribution in [-0.4, -0.2) is 65.7 Å². The number of rotatable bonds is 7. The molecule has 182 valence electrons. The Morgan fingerprint density at radius 3 is 2.57 bits per heavy atom. The summed E-state index contributed by atoms with van der Waals surface area (Å²) in [6, 6.07) is 13.7. The Morgan fingerprint density at radius 2 is 1.83 bits per heavy atom. The highest BCUT2D eigenvalue weighted by atomic mass is 16.5. The maximum absolute atomic E-state index is 13.1. The van der Waals surface area contributed by atoms with Gasteiger partial charge in [0.2, 0.25) is 11.7 Å². The van der Waals surface area contributed by atoms with Gasteiger partial charge in [-0.05, 0) is 45.0 Å². The van der Waals surface area contributed by atoms with E-state index in [-0.39, 0.29) is 5.91 Å². The zero-order chi connectivity index (χ0) is 24.4. The number of carbonyl (C=O) groups is 1. The van der Waals surface area contributed by atoms with Crippen LogP contribution in [0.25, 0.3) is 22.4 Å². The molecule has 0 N–H and O–H groups in total. The lowest BCUT2D eigenvalue weighted by Crippen LogP contribution is -2.48. The number of fused-ring (bicyclic) bond motifs is 1. The molecule has 35 heavy (non-hydrogen) atoms. The minimum atomic E-state index is -0.0492. The zero-order valence-corrected chi connectivity index (χ0v) is 20.4. The van der Waals surface area contributed by atoms with Gasteiger partial charge >= 0.3 is 0 Å². The molecule has 8 heteroatoms. The first-order valence-electron chi connectivity index (χ1n) is 12.0. The number of hydrogen-bond donors (Lipinski definition) is 0. The molecule has 0 atom stereocenters. The van der Waals surface area contributed by atoms with E-state index < -0.39 is 0 Å². The molecule has 8 nitrogen and oxygen atoms in total. The molecule has 2 aromatic heterocycles. The Hall–Kier alpha value is -3.65. The van der Waals surface area contributed by atoms with Crippen LogP contribution >= 0.6 is 0 Å². The molecule has 0 aliphatic carbocycles. The summed E-state index contributed by atoms with van der Waals surface area (Å²) in [5, 5.41) is 5.03.